The van der Waals surface area contributed by atoms with E-state index >= 15 is 0 Å². The van der Waals surface area contributed by atoms with Crippen molar-refractivity contribution < 1.29 is 9.50 Å². The highest BCUT2D eigenvalue weighted by molar-refractivity contribution is 6.31. The number of aliphatic hydroxyl groups is 1. The maximum absolute atomic E-state index is 13.3. The van der Waals surface area contributed by atoms with Crippen molar-refractivity contribution in [1.29, 1.82) is 0 Å². The van der Waals surface area contributed by atoms with Crippen LogP contribution >= 0.6 is 11.6 Å². The third kappa shape index (κ3) is 2.88. The fourth-order valence-electron chi connectivity index (χ4n) is 2.12. The molecule has 1 aromatic carbocycles. The summed E-state index contributed by atoms with van der Waals surface area (Å²) in [5, 5.41) is 16.4. The Hall–Kier alpha value is -2.18. The Balaban J connectivity index is 1.98. The predicted octanol–water partition coefficient (Wildman–Crippen LogP) is 2.98. The number of hydrogen-bond acceptors (Lipinski definition) is 4. The summed E-state index contributed by atoms with van der Waals surface area (Å²) in [5.41, 5.74) is 2.14. The molecule has 0 aliphatic heterocycles. The normalized spacial score (nSPS) is 11.0. The second-order valence-electron chi connectivity index (χ2n) is 4.76. The number of rotatable bonds is 5. The van der Waals surface area contributed by atoms with Gasteiger partial charge in [-0.25, -0.2) is 13.9 Å². The average molecular weight is 321 g/mol. The summed E-state index contributed by atoms with van der Waals surface area (Å²) >= 11 is 5.84. The lowest BCUT2D eigenvalue weighted by atomic mass is 10.2. The van der Waals surface area contributed by atoms with Crippen molar-refractivity contribution in [2.45, 2.75) is 6.42 Å². The number of halogens is 2. The largest absolute Gasteiger partial charge is 0.396 e. The van der Waals surface area contributed by atoms with Crippen molar-refractivity contribution >= 4 is 23.1 Å². The number of aromatic nitrogens is 3. The molecule has 0 aliphatic carbocycles. The number of anilines is 1. The minimum Gasteiger partial charge on any atom is -0.396 e. The van der Waals surface area contributed by atoms with Crippen LogP contribution in [0.2, 0.25) is 5.02 Å². The Bertz CT molecular complexity index is 805. The molecule has 22 heavy (non-hydrogen) atoms. The highest BCUT2D eigenvalue weighted by Gasteiger charge is 2.10. The summed E-state index contributed by atoms with van der Waals surface area (Å²) in [7, 11) is 0. The van der Waals surface area contributed by atoms with Crippen molar-refractivity contribution in [2.75, 3.05) is 18.5 Å². The van der Waals surface area contributed by atoms with E-state index in [2.05, 4.69) is 15.4 Å². The average Bonchev–Trinajstić information content (AvgIpc) is 2.93. The first-order chi connectivity index (χ1) is 10.7. The molecule has 3 rings (SSSR count). The zero-order chi connectivity index (χ0) is 15.5. The number of fused-ring (bicyclic) bond motifs is 1. The zero-order valence-corrected chi connectivity index (χ0v) is 12.4. The molecule has 2 aromatic heterocycles. The molecule has 3 aromatic rings. The monoisotopic (exact) mass is 320 g/mol. The maximum Gasteiger partial charge on any atom is 0.154 e. The molecule has 0 radical (unpaired) electrons. The van der Waals surface area contributed by atoms with Crippen LogP contribution < -0.4 is 5.32 Å². The quantitative estimate of drug-likeness (QED) is 0.709. The summed E-state index contributed by atoms with van der Waals surface area (Å²) in [4.78, 5) is 4.28. The Labute approximate surface area is 131 Å². The summed E-state index contributed by atoms with van der Waals surface area (Å²) in [6.07, 6.45) is 2.31. The van der Waals surface area contributed by atoms with Crippen LogP contribution in [0, 0.1) is 5.82 Å². The van der Waals surface area contributed by atoms with Crippen LogP contribution in [-0.4, -0.2) is 32.9 Å². The van der Waals surface area contributed by atoms with Gasteiger partial charge in [0.2, 0.25) is 0 Å². The fourth-order valence-corrected chi connectivity index (χ4v) is 2.30. The topological polar surface area (TPSA) is 62.5 Å². The van der Waals surface area contributed by atoms with Gasteiger partial charge in [-0.05, 0) is 36.8 Å². The van der Waals surface area contributed by atoms with E-state index in [-0.39, 0.29) is 11.6 Å². The zero-order valence-electron chi connectivity index (χ0n) is 11.6. The SMILES string of the molecule is OCCCNc1ccc2ncc(-c3ccc(F)c(Cl)c3)n2n1. The van der Waals surface area contributed by atoms with E-state index in [1.54, 1.807) is 22.8 Å². The second kappa shape index (κ2) is 6.29. The minimum absolute atomic E-state index is 0.0599. The first kappa shape index (κ1) is 14.7. The lowest BCUT2D eigenvalue weighted by Gasteiger charge is -2.06. The molecule has 0 atom stereocenters. The molecule has 2 N–H and O–H groups in total. The summed E-state index contributed by atoms with van der Waals surface area (Å²) < 4.78 is 15.0. The maximum atomic E-state index is 13.3. The first-order valence-electron chi connectivity index (χ1n) is 6.84. The van der Waals surface area contributed by atoms with Gasteiger partial charge in [0.1, 0.15) is 11.6 Å². The number of nitrogens with zero attached hydrogens (tertiary/aromatic N) is 3. The van der Waals surface area contributed by atoms with Crippen LogP contribution in [0.15, 0.2) is 36.5 Å². The van der Waals surface area contributed by atoms with Crippen molar-refractivity contribution in [3.05, 3.63) is 47.4 Å². The molecule has 0 bridgehead atoms. The third-order valence-electron chi connectivity index (χ3n) is 3.22. The second-order valence-corrected chi connectivity index (χ2v) is 5.17. The number of hydrogen-bond donors (Lipinski definition) is 2. The molecule has 5 nitrogen and oxygen atoms in total. The van der Waals surface area contributed by atoms with Gasteiger partial charge in [-0.1, -0.05) is 11.6 Å². The number of imidazole rings is 1. The Kier molecular flexibility index (Phi) is 4.22. The van der Waals surface area contributed by atoms with Crippen molar-refractivity contribution in [3.8, 4) is 11.3 Å². The Morgan fingerprint density at radius 3 is 2.91 bits per heavy atom. The van der Waals surface area contributed by atoms with Crippen LogP contribution in [0.3, 0.4) is 0 Å². The van der Waals surface area contributed by atoms with Gasteiger partial charge in [0, 0.05) is 18.7 Å². The molecule has 0 spiro atoms. The van der Waals surface area contributed by atoms with E-state index in [0.717, 1.165) is 11.3 Å². The number of benzene rings is 1. The van der Waals surface area contributed by atoms with E-state index in [0.29, 0.717) is 24.4 Å². The van der Waals surface area contributed by atoms with E-state index in [9.17, 15) is 4.39 Å². The first-order valence-corrected chi connectivity index (χ1v) is 7.22. The minimum atomic E-state index is -0.460. The molecule has 0 saturated heterocycles. The van der Waals surface area contributed by atoms with Gasteiger partial charge >= 0.3 is 0 Å². The highest BCUT2D eigenvalue weighted by Crippen LogP contribution is 2.25. The van der Waals surface area contributed by atoms with Gasteiger partial charge in [0.05, 0.1) is 16.9 Å². The molecule has 114 valence electrons. The summed E-state index contributed by atoms with van der Waals surface area (Å²) in [5.74, 6) is 0.215. The van der Waals surface area contributed by atoms with E-state index < -0.39 is 5.82 Å². The molecule has 0 fully saturated rings. The number of nitrogens with one attached hydrogen (secondary N) is 1. The van der Waals surface area contributed by atoms with Crippen LogP contribution in [-0.2, 0) is 0 Å². The van der Waals surface area contributed by atoms with Gasteiger partial charge in [0.15, 0.2) is 5.65 Å². The van der Waals surface area contributed by atoms with Gasteiger partial charge in [-0.2, -0.15) is 0 Å². The van der Waals surface area contributed by atoms with Crippen LogP contribution in [0.5, 0.6) is 0 Å². The van der Waals surface area contributed by atoms with Gasteiger partial charge in [-0.3, -0.25) is 0 Å². The standard InChI is InChI=1S/C15H14ClFN4O/c16-11-8-10(2-3-12(11)17)13-9-19-15-5-4-14(20-21(13)15)18-6-1-7-22/h2-5,8-9,22H,1,6-7H2,(H,18,20). The van der Waals surface area contributed by atoms with Gasteiger partial charge in [-0.15, -0.1) is 5.10 Å². The molecule has 2 heterocycles. The lowest BCUT2D eigenvalue weighted by molar-refractivity contribution is 0.292. The van der Waals surface area contributed by atoms with Gasteiger partial charge < -0.3 is 10.4 Å². The molecule has 0 unspecified atom stereocenters. The summed E-state index contributed by atoms with van der Waals surface area (Å²) in [6, 6.07) is 8.16. The van der Waals surface area contributed by atoms with Gasteiger partial charge in [0.25, 0.3) is 0 Å². The van der Waals surface area contributed by atoms with Crippen molar-refractivity contribution in [2.24, 2.45) is 0 Å². The van der Waals surface area contributed by atoms with Crippen LogP contribution in [0.4, 0.5) is 10.2 Å². The van der Waals surface area contributed by atoms with E-state index in [4.69, 9.17) is 16.7 Å². The smallest absolute Gasteiger partial charge is 0.154 e. The molecular weight excluding hydrogens is 307 g/mol. The third-order valence-corrected chi connectivity index (χ3v) is 3.51. The lowest BCUT2D eigenvalue weighted by Crippen LogP contribution is -2.07. The molecule has 0 amide bonds. The van der Waals surface area contributed by atoms with E-state index in [1.807, 2.05) is 12.1 Å². The van der Waals surface area contributed by atoms with Crippen LogP contribution in [0.25, 0.3) is 16.9 Å². The highest BCUT2D eigenvalue weighted by atomic mass is 35.5. The molecular formula is C15H14ClFN4O. The van der Waals surface area contributed by atoms with Crippen molar-refractivity contribution in [3.63, 3.8) is 0 Å². The Morgan fingerprint density at radius 2 is 2.14 bits per heavy atom. The predicted molar refractivity (Wildman–Crippen MR) is 83.6 cm³/mol. The molecule has 7 heteroatoms. The van der Waals surface area contributed by atoms with E-state index in [1.165, 1.54) is 6.07 Å². The Morgan fingerprint density at radius 1 is 1.27 bits per heavy atom. The van der Waals surface area contributed by atoms with Crippen LogP contribution in [0.1, 0.15) is 6.42 Å². The molecule has 0 aliphatic rings. The molecule has 0 saturated carbocycles. The number of aliphatic hydroxyl groups excluding tert-OH is 1. The van der Waals surface area contributed by atoms with Crippen molar-refractivity contribution in [1.82, 2.24) is 14.6 Å². The summed E-state index contributed by atoms with van der Waals surface area (Å²) in [6.45, 7) is 0.751. The fraction of sp³-hybridized carbons (Fsp3) is 0.200.